The number of rotatable bonds is 10. The van der Waals surface area contributed by atoms with Gasteiger partial charge in [-0.05, 0) is 141 Å². The number of fused-ring (bicyclic) bond motifs is 7. The van der Waals surface area contributed by atoms with Crippen LogP contribution in [-0.2, 0) is 5.41 Å². The van der Waals surface area contributed by atoms with E-state index >= 15 is 0 Å². The number of hydrogen-bond donors (Lipinski definition) is 0. The first-order chi connectivity index (χ1) is 37.5. The Balaban J connectivity index is 1.03. The van der Waals surface area contributed by atoms with E-state index in [1.54, 1.807) is 0 Å². The highest BCUT2D eigenvalue weighted by Gasteiger charge is 2.41. The Morgan fingerprint density at radius 2 is 0.750 bits per heavy atom. The lowest BCUT2D eigenvalue weighted by Crippen LogP contribution is -2.23. The summed E-state index contributed by atoms with van der Waals surface area (Å²) < 4.78 is 2.49. The van der Waals surface area contributed by atoms with Gasteiger partial charge in [0.1, 0.15) is 0 Å². The lowest BCUT2D eigenvalue weighted by atomic mass is 9.80. The molecule has 0 amide bonds. The minimum Gasteiger partial charge on any atom is -0.309 e. The summed E-state index contributed by atoms with van der Waals surface area (Å²) in [6.07, 6.45) is 0. The largest absolute Gasteiger partial charge is 0.309 e. The predicted molar refractivity (Wildman–Crippen MR) is 322 cm³/mol. The fourth-order valence-corrected chi connectivity index (χ4v) is 12.2. The number of hydrogen-bond acceptors (Lipinski definition) is 2. The van der Waals surface area contributed by atoms with Crippen LogP contribution in [0.3, 0.4) is 0 Å². The monoisotopic (exact) mass is 971 g/mol. The Bertz CT molecular complexity index is 4140. The van der Waals surface area contributed by atoms with Crippen LogP contribution in [0.5, 0.6) is 0 Å². The molecule has 0 spiro atoms. The fourth-order valence-electron chi connectivity index (χ4n) is 12.2. The maximum absolute atomic E-state index is 2.51. The average molecular weight is 972 g/mol. The van der Waals surface area contributed by atoms with E-state index in [9.17, 15) is 0 Å². The van der Waals surface area contributed by atoms with E-state index in [-0.39, 0.29) is 5.41 Å². The van der Waals surface area contributed by atoms with Crippen LogP contribution in [0, 0.1) is 0 Å². The van der Waals surface area contributed by atoms with Crippen molar-refractivity contribution in [1.29, 1.82) is 0 Å². The summed E-state index contributed by atoms with van der Waals surface area (Å²) in [6.45, 7) is 4.82. The summed E-state index contributed by atoms with van der Waals surface area (Å²) in [5.41, 5.74) is 22.0. The Morgan fingerprint density at radius 1 is 0.303 bits per heavy atom. The molecule has 3 nitrogen and oxygen atoms in total. The van der Waals surface area contributed by atoms with Crippen LogP contribution in [0.2, 0.25) is 0 Å². The van der Waals surface area contributed by atoms with E-state index in [0.29, 0.717) is 0 Å². The highest BCUT2D eigenvalue weighted by molar-refractivity contribution is 6.14. The van der Waals surface area contributed by atoms with Gasteiger partial charge < -0.3 is 14.4 Å². The molecule has 360 valence electrons. The summed E-state index contributed by atoms with van der Waals surface area (Å²) in [5, 5.41) is 4.74. The van der Waals surface area contributed by atoms with Gasteiger partial charge in [0.25, 0.3) is 0 Å². The number of aromatic nitrogens is 1. The maximum atomic E-state index is 2.51. The highest BCUT2D eigenvalue weighted by atomic mass is 15.2. The molecule has 1 aromatic heterocycles. The molecule has 0 saturated carbocycles. The molecule has 0 atom stereocenters. The first-order valence-corrected chi connectivity index (χ1v) is 26.3. The van der Waals surface area contributed by atoms with Crippen LogP contribution in [-0.4, -0.2) is 4.57 Å². The van der Waals surface area contributed by atoms with Crippen LogP contribution in [0.1, 0.15) is 25.0 Å². The quantitative estimate of drug-likeness (QED) is 0.135. The normalized spacial score (nSPS) is 12.4. The van der Waals surface area contributed by atoms with Gasteiger partial charge in [-0.2, -0.15) is 0 Å². The molecule has 1 heterocycles. The second-order valence-corrected chi connectivity index (χ2v) is 20.5. The van der Waals surface area contributed by atoms with Crippen molar-refractivity contribution >= 4 is 66.7 Å². The standard InChI is InChI=1S/C73H53N3/c1-73(2)65-43-39-53(50-23-9-3-10-24-50)47-62(65)61-42-46-70(72(71(61)73)74(56-29-15-6-16-30-56)57-31-17-7-18-32-57)75(58-33-19-8-20-34-58)66-37-21-36-60-59(66)35-22-38-67(60)76-68-44-40-54(51-25-11-4-12-26-51)48-63(68)64-49-55(41-45-69(64)76)52-27-13-5-14-28-52/h3-49H,1-2H3. The van der Waals surface area contributed by atoms with Crippen molar-refractivity contribution in [3.8, 4) is 50.2 Å². The molecule has 0 bridgehead atoms. The number of nitrogens with zero attached hydrogens (tertiary/aromatic N) is 3. The van der Waals surface area contributed by atoms with Gasteiger partial charge in [0.2, 0.25) is 0 Å². The Labute approximate surface area is 444 Å². The predicted octanol–water partition coefficient (Wildman–Crippen LogP) is 20.2. The van der Waals surface area contributed by atoms with Gasteiger partial charge in [-0.3, -0.25) is 0 Å². The van der Waals surface area contributed by atoms with E-state index in [1.165, 1.54) is 66.4 Å². The van der Waals surface area contributed by atoms with E-state index in [2.05, 4.69) is 313 Å². The van der Waals surface area contributed by atoms with Gasteiger partial charge in [-0.25, -0.2) is 0 Å². The number of benzene rings is 12. The van der Waals surface area contributed by atoms with Crippen LogP contribution >= 0.6 is 0 Å². The molecule has 3 heteroatoms. The minimum absolute atomic E-state index is 0.376. The lowest BCUT2D eigenvalue weighted by Gasteiger charge is -2.37. The van der Waals surface area contributed by atoms with Crippen LogP contribution in [0.4, 0.5) is 34.1 Å². The summed E-state index contributed by atoms with van der Waals surface area (Å²) in [4.78, 5) is 5.01. The van der Waals surface area contributed by atoms with Crippen molar-refractivity contribution in [2.45, 2.75) is 19.3 Å². The zero-order valence-corrected chi connectivity index (χ0v) is 42.5. The zero-order valence-electron chi connectivity index (χ0n) is 42.5. The van der Waals surface area contributed by atoms with Gasteiger partial charge in [0, 0.05) is 44.0 Å². The topological polar surface area (TPSA) is 11.4 Å². The van der Waals surface area contributed by atoms with Crippen molar-refractivity contribution in [1.82, 2.24) is 4.57 Å². The average Bonchev–Trinajstić information content (AvgIpc) is 4.00. The van der Waals surface area contributed by atoms with Crippen LogP contribution in [0.15, 0.2) is 285 Å². The second kappa shape index (κ2) is 18.3. The Morgan fingerprint density at radius 3 is 1.28 bits per heavy atom. The smallest absolute Gasteiger partial charge is 0.0749 e. The van der Waals surface area contributed by atoms with Gasteiger partial charge in [0.05, 0.1) is 33.8 Å². The Kier molecular flexibility index (Phi) is 10.9. The van der Waals surface area contributed by atoms with E-state index in [0.717, 1.165) is 61.6 Å². The van der Waals surface area contributed by atoms with Gasteiger partial charge in [-0.15, -0.1) is 0 Å². The first kappa shape index (κ1) is 45.0. The molecule has 14 rings (SSSR count). The first-order valence-electron chi connectivity index (χ1n) is 26.3. The SMILES string of the molecule is CC1(C)c2ccc(-c3ccccc3)cc2-c2ccc(N(c3ccccc3)c3cccc4c(-n5c6ccc(-c7ccccc7)cc6c6cc(-c7ccccc7)ccc65)cccc34)c(N(c3ccccc3)c3ccccc3)c21. The van der Waals surface area contributed by atoms with E-state index < -0.39 is 0 Å². The summed E-state index contributed by atoms with van der Waals surface area (Å²) in [5.74, 6) is 0. The molecular formula is C73H53N3. The van der Waals surface area contributed by atoms with Crippen LogP contribution in [0.25, 0.3) is 82.8 Å². The molecule has 0 unspecified atom stereocenters. The molecule has 0 aliphatic heterocycles. The number of anilines is 6. The fraction of sp³-hybridized carbons (Fsp3) is 0.0411. The summed E-state index contributed by atoms with van der Waals surface area (Å²) in [6, 6.07) is 105. The summed E-state index contributed by atoms with van der Waals surface area (Å²) in [7, 11) is 0. The van der Waals surface area contributed by atoms with Crippen molar-refractivity contribution < 1.29 is 0 Å². The molecule has 13 aromatic rings. The third kappa shape index (κ3) is 7.42. The lowest BCUT2D eigenvalue weighted by molar-refractivity contribution is 0.661. The van der Waals surface area contributed by atoms with E-state index in [1.807, 2.05) is 0 Å². The molecule has 1 aliphatic rings. The van der Waals surface area contributed by atoms with Crippen molar-refractivity contribution in [3.05, 3.63) is 296 Å². The van der Waals surface area contributed by atoms with Gasteiger partial charge >= 0.3 is 0 Å². The minimum atomic E-state index is -0.376. The third-order valence-corrected chi connectivity index (χ3v) is 15.7. The highest BCUT2D eigenvalue weighted by Crippen LogP contribution is 2.59. The third-order valence-electron chi connectivity index (χ3n) is 15.7. The molecule has 1 aliphatic carbocycles. The van der Waals surface area contributed by atoms with Crippen molar-refractivity contribution in [2.24, 2.45) is 0 Å². The zero-order chi connectivity index (χ0) is 50.7. The molecule has 76 heavy (non-hydrogen) atoms. The van der Waals surface area contributed by atoms with Crippen LogP contribution < -0.4 is 9.80 Å². The maximum Gasteiger partial charge on any atom is 0.0749 e. The van der Waals surface area contributed by atoms with Crippen molar-refractivity contribution in [2.75, 3.05) is 9.80 Å². The molecule has 0 N–H and O–H groups in total. The molecule has 0 fully saturated rings. The van der Waals surface area contributed by atoms with E-state index in [4.69, 9.17) is 0 Å². The Hall–Kier alpha value is -9.70. The molecule has 12 aromatic carbocycles. The van der Waals surface area contributed by atoms with Crippen molar-refractivity contribution in [3.63, 3.8) is 0 Å². The molecular weight excluding hydrogens is 919 g/mol. The second-order valence-electron chi connectivity index (χ2n) is 20.5. The summed E-state index contributed by atoms with van der Waals surface area (Å²) >= 11 is 0. The number of para-hydroxylation sites is 3. The molecule has 0 saturated heterocycles. The van der Waals surface area contributed by atoms with Gasteiger partial charge in [-0.1, -0.05) is 214 Å². The molecule has 0 radical (unpaired) electrons. The van der Waals surface area contributed by atoms with Gasteiger partial charge in [0.15, 0.2) is 0 Å².